The lowest BCUT2D eigenvalue weighted by Gasteiger charge is -2.39. The number of aryl methyl sites for hydroxylation is 1. The number of nitrogens with one attached hydrogen (secondary N) is 2. The quantitative estimate of drug-likeness (QED) is 0.851. The summed E-state index contributed by atoms with van der Waals surface area (Å²) >= 11 is 0. The predicted octanol–water partition coefficient (Wildman–Crippen LogP) is 2.58. The lowest BCUT2D eigenvalue weighted by Crippen LogP contribution is -2.49. The van der Waals surface area contributed by atoms with Gasteiger partial charge in [0.1, 0.15) is 0 Å². The molecule has 2 fully saturated rings. The van der Waals surface area contributed by atoms with Crippen molar-refractivity contribution >= 4 is 18.3 Å². The Balaban J connectivity index is 0.00000225. The van der Waals surface area contributed by atoms with E-state index in [0.717, 1.165) is 12.8 Å². The molecule has 3 rings (SSSR count). The number of rotatable bonds is 4. The number of hydrogen-bond donors (Lipinski definition) is 2. The maximum Gasteiger partial charge on any atom is 0.262 e. The van der Waals surface area contributed by atoms with Crippen LogP contribution in [0.2, 0.25) is 0 Å². The Kier molecular flexibility index (Phi) is 6.40. The first-order chi connectivity index (χ1) is 11.4. The minimum absolute atomic E-state index is 0. The van der Waals surface area contributed by atoms with Crippen LogP contribution in [0, 0.1) is 6.92 Å². The second kappa shape index (κ2) is 7.98. The van der Waals surface area contributed by atoms with Crippen molar-refractivity contribution in [2.24, 2.45) is 0 Å². The molecular formula is C18H25ClF2N2O2. The van der Waals surface area contributed by atoms with Gasteiger partial charge in [-0.2, -0.15) is 0 Å². The van der Waals surface area contributed by atoms with Crippen molar-refractivity contribution in [2.45, 2.75) is 43.6 Å². The minimum atomic E-state index is -2.80. The summed E-state index contributed by atoms with van der Waals surface area (Å²) in [6, 6.07) is 7.34. The molecule has 1 aromatic carbocycles. The highest BCUT2D eigenvalue weighted by Crippen LogP contribution is 2.36. The topological polar surface area (TPSA) is 50.4 Å². The van der Waals surface area contributed by atoms with Crippen LogP contribution in [0.25, 0.3) is 0 Å². The van der Waals surface area contributed by atoms with Crippen LogP contribution >= 0.6 is 12.4 Å². The Labute approximate surface area is 153 Å². The van der Waals surface area contributed by atoms with Gasteiger partial charge in [-0.3, -0.25) is 10.1 Å². The van der Waals surface area contributed by atoms with Gasteiger partial charge in [-0.15, -0.1) is 12.4 Å². The number of amides is 1. The van der Waals surface area contributed by atoms with Crippen LogP contribution in [0.4, 0.5) is 8.78 Å². The van der Waals surface area contributed by atoms with Crippen molar-refractivity contribution in [3.05, 3.63) is 35.4 Å². The van der Waals surface area contributed by atoms with Gasteiger partial charge in [0.25, 0.3) is 5.92 Å². The molecule has 140 valence electrons. The molecule has 2 aliphatic rings. The van der Waals surface area contributed by atoms with Gasteiger partial charge in [0.15, 0.2) is 0 Å². The lowest BCUT2D eigenvalue weighted by molar-refractivity contribution is -0.123. The maximum absolute atomic E-state index is 13.3. The number of benzene rings is 1. The fourth-order valence-corrected chi connectivity index (χ4v) is 3.75. The van der Waals surface area contributed by atoms with Crippen LogP contribution in [-0.2, 0) is 14.9 Å². The number of hydrogen-bond acceptors (Lipinski definition) is 3. The van der Waals surface area contributed by atoms with Gasteiger partial charge in [0.2, 0.25) is 5.91 Å². The van der Waals surface area contributed by atoms with Crippen molar-refractivity contribution < 1.29 is 18.3 Å². The van der Waals surface area contributed by atoms with E-state index in [4.69, 9.17) is 4.74 Å². The number of halogens is 3. The second-order valence-corrected chi connectivity index (χ2v) is 6.92. The van der Waals surface area contributed by atoms with Gasteiger partial charge >= 0.3 is 0 Å². The largest absolute Gasteiger partial charge is 0.381 e. The van der Waals surface area contributed by atoms with E-state index in [1.807, 2.05) is 12.1 Å². The second-order valence-electron chi connectivity index (χ2n) is 6.92. The summed E-state index contributed by atoms with van der Waals surface area (Å²) in [7, 11) is 0. The average Bonchev–Trinajstić information content (AvgIpc) is 2.94. The van der Waals surface area contributed by atoms with Gasteiger partial charge in [-0.05, 0) is 30.9 Å². The highest BCUT2D eigenvalue weighted by molar-refractivity contribution is 5.85. The van der Waals surface area contributed by atoms with Crippen molar-refractivity contribution in [3.8, 4) is 0 Å². The fraction of sp³-hybridized carbons (Fsp3) is 0.611. The number of alkyl halides is 2. The molecule has 1 unspecified atom stereocenters. The zero-order valence-corrected chi connectivity index (χ0v) is 15.1. The Morgan fingerprint density at radius 1 is 1.32 bits per heavy atom. The Bertz CT molecular complexity index is 606. The van der Waals surface area contributed by atoms with Crippen LogP contribution in [0.3, 0.4) is 0 Å². The van der Waals surface area contributed by atoms with E-state index in [0.29, 0.717) is 19.8 Å². The highest BCUT2D eigenvalue weighted by atomic mass is 35.5. The number of carbonyl (C=O) groups is 1. The van der Waals surface area contributed by atoms with Gasteiger partial charge in [-0.1, -0.05) is 24.3 Å². The van der Waals surface area contributed by atoms with E-state index >= 15 is 0 Å². The lowest BCUT2D eigenvalue weighted by atomic mass is 9.72. The fourth-order valence-electron chi connectivity index (χ4n) is 3.75. The van der Waals surface area contributed by atoms with E-state index in [-0.39, 0.29) is 23.7 Å². The Hall–Kier alpha value is -1.24. The molecule has 2 saturated heterocycles. The van der Waals surface area contributed by atoms with Crippen molar-refractivity contribution in [1.29, 1.82) is 0 Å². The van der Waals surface area contributed by atoms with Crippen LogP contribution in [0.1, 0.15) is 30.4 Å². The van der Waals surface area contributed by atoms with Gasteiger partial charge in [-0.25, -0.2) is 8.78 Å². The number of ether oxygens (including phenoxy) is 1. The van der Waals surface area contributed by atoms with E-state index < -0.39 is 24.9 Å². The molecule has 1 amide bonds. The van der Waals surface area contributed by atoms with Gasteiger partial charge < -0.3 is 10.1 Å². The monoisotopic (exact) mass is 374 g/mol. The third-order valence-electron chi connectivity index (χ3n) is 5.19. The minimum Gasteiger partial charge on any atom is -0.381 e. The highest BCUT2D eigenvalue weighted by Gasteiger charge is 2.43. The smallest absolute Gasteiger partial charge is 0.262 e. The third kappa shape index (κ3) is 4.49. The van der Waals surface area contributed by atoms with Gasteiger partial charge in [0.05, 0.1) is 12.6 Å². The molecule has 0 spiro atoms. The predicted molar refractivity (Wildman–Crippen MR) is 94.5 cm³/mol. The SMILES string of the molecule is Cc1ccccc1C1(CNC(=O)C2CC(F)(F)CN2)CCOCC1.Cl. The molecule has 0 aromatic heterocycles. The maximum atomic E-state index is 13.3. The standard InChI is InChI=1S/C18H24F2N2O2.ClH/c1-13-4-2-3-5-14(13)17(6-8-24-9-7-17)11-22-16(23)15-10-18(19,20)12-21-15;/h2-5,15,21H,6-12H2,1H3,(H,22,23);1H. The number of carbonyl (C=O) groups excluding carboxylic acids is 1. The normalized spacial score (nSPS) is 24.4. The summed E-state index contributed by atoms with van der Waals surface area (Å²) in [6.07, 6.45) is 1.19. The van der Waals surface area contributed by atoms with Crippen LogP contribution in [-0.4, -0.2) is 44.2 Å². The molecule has 0 aliphatic carbocycles. The Morgan fingerprint density at radius 2 is 2.00 bits per heavy atom. The molecule has 2 heterocycles. The van der Waals surface area contributed by atoms with Crippen LogP contribution < -0.4 is 10.6 Å². The summed E-state index contributed by atoms with van der Waals surface area (Å²) in [5, 5.41) is 5.52. The molecule has 0 radical (unpaired) electrons. The summed E-state index contributed by atoms with van der Waals surface area (Å²) in [4.78, 5) is 12.3. The summed E-state index contributed by atoms with van der Waals surface area (Å²) in [5.74, 6) is -3.14. The molecule has 2 N–H and O–H groups in total. The van der Waals surface area contributed by atoms with E-state index in [9.17, 15) is 13.6 Å². The summed E-state index contributed by atoms with van der Waals surface area (Å²) < 4.78 is 32.1. The molecule has 2 aliphatic heterocycles. The third-order valence-corrected chi connectivity index (χ3v) is 5.19. The molecular weight excluding hydrogens is 350 g/mol. The Morgan fingerprint density at radius 3 is 2.60 bits per heavy atom. The molecule has 0 bridgehead atoms. The van der Waals surface area contributed by atoms with E-state index in [1.165, 1.54) is 11.1 Å². The first kappa shape index (κ1) is 20.1. The molecule has 1 aromatic rings. The van der Waals surface area contributed by atoms with Crippen molar-refractivity contribution in [2.75, 3.05) is 26.3 Å². The van der Waals surface area contributed by atoms with Crippen molar-refractivity contribution in [1.82, 2.24) is 10.6 Å². The average molecular weight is 375 g/mol. The first-order valence-corrected chi connectivity index (χ1v) is 8.45. The molecule has 0 saturated carbocycles. The van der Waals surface area contributed by atoms with E-state index in [1.54, 1.807) is 0 Å². The van der Waals surface area contributed by atoms with Crippen LogP contribution in [0.5, 0.6) is 0 Å². The van der Waals surface area contributed by atoms with Crippen LogP contribution in [0.15, 0.2) is 24.3 Å². The first-order valence-electron chi connectivity index (χ1n) is 8.45. The molecule has 4 nitrogen and oxygen atoms in total. The zero-order valence-electron chi connectivity index (χ0n) is 14.3. The summed E-state index contributed by atoms with van der Waals surface area (Å²) in [6.45, 7) is 3.37. The van der Waals surface area contributed by atoms with E-state index in [2.05, 4.69) is 29.7 Å². The van der Waals surface area contributed by atoms with Gasteiger partial charge in [0, 0.05) is 31.6 Å². The molecule has 7 heteroatoms. The molecule has 25 heavy (non-hydrogen) atoms. The van der Waals surface area contributed by atoms with Crippen molar-refractivity contribution in [3.63, 3.8) is 0 Å². The summed E-state index contributed by atoms with van der Waals surface area (Å²) in [5.41, 5.74) is 2.19. The molecule has 1 atom stereocenters. The zero-order chi connectivity index (χ0) is 17.2.